The number of ether oxygens (including phenoxy) is 1. The molecule has 0 radical (unpaired) electrons. The molecule has 0 spiro atoms. The number of rotatable bonds is 8. The highest BCUT2D eigenvalue weighted by Crippen LogP contribution is 2.27. The van der Waals surface area contributed by atoms with Gasteiger partial charge in [-0.05, 0) is 55.2 Å². The van der Waals surface area contributed by atoms with Crippen LogP contribution in [0.1, 0.15) is 37.3 Å². The summed E-state index contributed by atoms with van der Waals surface area (Å²) >= 11 is 0. The summed E-state index contributed by atoms with van der Waals surface area (Å²) in [7, 11) is 0. The SMILES string of the molecule is CCCC/C(=C\Cn1oc(=O)[nH]c1=O)c1cccc(Oc2ccc(C)cc2)c1. The largest absolute Gasteiger partial charge is 0.457 e. The van der Waals surface area contributed by atoms with Crippen LogP contribution in [0.5, 0.6) is 11.5 Å². The van der Waals surface area contributed by atoms with E-state index in [9.17, 15) is 9.59 Å². The highest BCUT2D eigenvalue weighted by atomic mass is 16.5. The monoisotopic (exact) mass is 380 g/mol. The number of benzene rings is 2. The first-order valence-electron chi connectivity index (χ1n) is 9.39. The lowest BCUT2D eigenvalue weighted by atomic mass is 9.99. The third-order valence-corrected chi connectivity index (χ3v) is 4.39. The number of aromatic amines is 1. The average Bonchev–Trinajstić information content (AvgIpc) is 3.01. The molecule has 3 rings (SSSR count). The molecule has 0 aliphatic rings. The van der Waals surface area contributed by atoms with E-state index in [1.54, 1.807) is 0 Å². The van der Waals surface area contributed by atoms with Gasteiger partial charge in [-0.3, -0.25) is 0 Å². The minimum atomic E-state index is -0.748. The second-order valence-electron chi connectivity index (χ2n) is 6.65. The summed E-state index contributed by atoms with van der Waals surface area (Å²) < 4.78 is 11.8. The number of aromatic nitrogens is 2. The molecule has 6 heteroatoms. The number of hydrogen-bond acceptors (Lipinski definition) is 4. The molecule has 146 valence electrons. The molecule has 1 aromatic heterocycles. The summed E-state index contributed by atoms with van der Waals surface area (Å²) in [4.78, 5) is 24.9. The van der Waals surface area contributed by atoms with Gasteiger partial charge in [0.05, 0.1) is 6.54 Å². The van der Waals surface area contributed by atoms with Crippen LogP contribution in [-0.4, -0.2) is 9.72 Å². The number of aryl methyl sites for hydroxylation is 1. The molecule has 0 saturated heterocycles. The molecule has 0 amide bonds. The molecule has 0 fully saturated rings. The first-order valence-corrected chi connectivity index (χ1v) is 9.39. The first kappa shape index (κ1) is 19.5. The zero-order chi connectivity index (χ0) is 19.9. The Morgan fingerprint density at radius 1 is 1.14 bits per heavy atom. The van der Waals surface area contributed by atoms with E-state index >= 15 is 0 Å². The van der Waals surface area contributed by atoms with Gasteiger partial charge in [-0.25, -0.2) is 14.6 Å². The lowest BCUT2D eigenvalue weighted by Crippen LogP contribution is -2.16. The van der Waals surface area contributed by atoms with Crippen LogP contribution >= 0.6 is 0 Å². The average molecular weight is 380 g/mol. The fourth-order valence-corrected chi connectivity index (χ4v) is 2.86. The van der Waals surface area contributed by atoms with Gasteiger partial charge in [-0.15, -0.1) is 4.74 Å². The summed E-state index contributed by atoms with van der Waals surface area (Å²) in [5.41, 5.74) is 2.72. The summed E-state index contributed by atoms with van der Waals surface area (Å²) in [6, 6.07) is 15.8. The Labute approximate surface area is 163 Å². The van der Waals surface area contributed by atoms with Crippen LogP contribution in [0.3, 0.4) is 0 Å². The van der Waals surface area contributed by atoms with Gasteiger partial charge in [0.15, 0.2) is 0 Å². The summed E-state index contributed by atoms with van der Waals surface area (Å²) in [6.45, 7) is 4.36. The van der Waals surface area contributed by atoms with Crippen molar-refractivity contribution >= 4 is 5.57 Å². The number of allylic oxidation sites excluding steroid dienone is 2. The van der Waals surface area contributed by atoms with E-state index < -0.39 is 11.4 Å². The third kappa shape index (κ3) is 5.13. The Balaban J connectivity index is 1.84. The van der Waals surface area contributed by atoms with E-state index in [0.29, 0.717) is 0 Å². The normalized spacial score (nSPS) is 11.6. The maximum absolute atomic E-state index is 11.6. The van der Waals surface area contributed by atoms with E-state index in [1.807, 2.05) is 61.5 Å². The van der Waals surface area contributed by atoms with Crippen molar-refractivity contribution in [1.29, 1.82) is 0 Å². The Morgan fingerprint density at radius 3 is 2.61 bits per heavy atom. The van der Waals surface area contributed by atoms with Gasteiger partial charge in [0.1, 0.15) is 11.5 Å². The van der Waals surface area contributed by atoms with Crippen LogP contribution in [0.2, 0.25) is 0 Å². The molecule has 6 nitrogen and oxygen atoms in total. The smallest absolute Gasteiger partial charge is 0.440 e. The minimum absolute atomic E-state index is 0.194. The quantitative estimate of drug-likeness (QED) is 0.624. The second-order valence-corrected chi connectivity index (χ2v) is 6.65. The van der Waals surface area contributed by atoms with Gasteiger partial charge >= 0.3 is 11.4 Å². The number of nitrogens with zero attached hydrogens (tertiary/aromatic N) is 1. The molecule has 0 unspecified atom stereocenters. The number of unbranched alkanes of at least 4 members (excludes halogenated alkanes) is 1. The van der Waals surface area contributed by atoms with Gasteiger partial charge in [-0.2, -0.15) is 0 Å². The zero-order valence-electron chi connectivity index (χ0n) is 16.1. The third-order valence-electron chi connectivity index (χ3n) is 4.39. The minimum Gasteiger partial charge on any atom is -0.457 e. The van der Waals surface area contributed by atoms with E-state index in [2.05, 4.69) is 11.9 Å². The van der Waals surface area contributed by atoms with Crippen LogP contribution in [0, 0.1) is 6.92 Å². The van der Waals surface area contributed by atoms with Crippen molar-refractivity contribution in [3.63, 3.8) is 0 Å². The van der Waals surface area contributed by atoms with Gasteiger partial charge in [0.2, 0.25) is 0 Å². The second kappa shape index (κ2) is 9.08. The van der Waals surface area contributed by atoms with Crippen molar-refractivity contribution in [3.05, 3.63) is 86.8 Å². The van der Waals surface area contributed by atoms with Crippen LogP contribution in [0.25, 0.3) is 5.57 Å². The molecule has 0 bridgehead atoms. The van der Waals surface area contributed by atoms with Crippen LogP contribution in [0.15, 0.2) is 68.7 Å². The van der Waals surface area contributed by atoms with Crippen molar-refractivity contribution in [1.82, 2.24) is 9.72 Å². The predicted molar refractivity (Wildman–Crippen MR) is 109 cm³/mol. The lowest BCUT2D eigenvalue weighted by molar-refractivity contribution is 0.261. The molecule has 28 heavy (non-hydrogen) atoms. The van der Waals surface area contributed by atoms with Crippen LogP contribution in [-0.2, 0) is 6.54 Å². The van der Waals surface area contributed by atoms with Crippen LogP contribution < -0.4 is 16.2 Å². The Bertz CT molecular complexity index is 1050. The Kier molecular flexibility index (Phi) is 6.32. The molecule has 2 aromatic carbocycles. The van der Waals surface area contributed by atoms with Gasteiger partial charge in [0, 0.05) is 0 Å². The molecular weight excluding hydrogens is 356 g/mol. The Morgan fingerprint density at radius 2 is 1.93 bits per heavy atom. The van der Waals surface area contributed by atoms with E-state index in [0.717, 1.165) is 46.6 Å². The molecule has 1 heterocycles. The summed E-state index contributed by atoms with van der Waals surface area (Å²) in [6.07, 6.45) is 4.84. The molecule has 0 atom stereocenters. The van der Waals surface area contributed by atoms with Crippen molar-refractivity contribution in [3.8, 4) is 11.5 Å². The van der Waals surface area contributed by atoms with Crippen molar-refractivity contribution in [2.24, 2.45) is 0 Å². The van der Waals surface area contributed by atoms with Crippen LogP contribution in [0.4, 0.5) is 0 Å². The topological polar surface area (TPSA) is 77.2 Å². The van der Waals surface area contributed by atoms with E-state index in [4.69, 9.17) is 9.26 Å². The van der Waals surface area contributed by atoms with Gasteiger partial charge in [-0.1, -0.05) is 49.2 Å². The number of nitrogens with one attached hydrogen (secondary N) is 1. The molecule has 1 N–H and O–H groups in total. The fourth-order valence-electron chi connectivity index (χ4n) is 2.86. The number of hydrogen-bond donors (Lipinski definition) is 1. The van der Waals surface area contributed by atoms with Gasteiger partial charge in [0.25, 0.3) is 0 Å². The predicted octanol–water partition coefficient (Wildman–Crippen LogP) is 4.50. The molecule has 3 aromatic rings. The zero-order valence-corrected chi connectivity index (χ0v) is 16.1. The van der Waals surface area contributed by atoms with Crippen molar-refractivity contribution in [2.45, 2.75) is 39.7 Å². The number of H-pyrrole nitrogens is 1. The maximum atomic E-state index is 11.6. The van der Waals surface area contributed by atoms with Crippen molar-refractivity contribution in [2.75, 3.05) is 0 Å². The van der Waals surface area contributed by atoms with E-state index in [-0.39, 0.29) is 6.54 Å². The maximum Gasteiger partial charge on any atom is 0.440 e. The summed E-state index contributed by atoms with van der Waals surface area (Å²) in [5, 5.41) is 0. The fraction of sp³-hybridized carbons (Fsp3) is 0.273. The molecule has 0 aliphatic heterocycles. The first-order chi connectivity index (χ1) is 13.5. The summed E-state index contributed by atoms with van der Waals surface area (Å²) in [5.74, 6) is 0.776. The molecule has 0 saturated carbocycles. The highest BCUT2D eigenvalue weighted by Gasteiger charge is 2.07. The standard InChI is InChI=1S/C22H24N2O4/c1-3-4-6-17(13-14-24-21(25)23-22(26)28-24)18-7-5-8-20(15-18)27-19-11-9-16(2)10-12-19/h5,7-13,15H,3-4,6,14H2,1-2H3,(H,23,25,26)/b17-13+. The van der Waals surface area contributed by atoms with Crippen molar-refractivity contribution < 1.29 is 9.26 Å². The molecule has 0 aliphatic carbocycles. The lowest BCUT2D eigenvalue weighted by Gasteiger charge is -2.11. The van der Waals surface area contributed by atoms with E-state index in [1.165, 1.54) is 5.56 Å². The van der Waals surface area contributed by atoms with Gasteiger partial charge < -0.3 is 9.26 Å². The molecular formula is C22H24N2O4. The highest BCUT2D eigenvalue weighted by molar-refractivity contribution is 5.66. The Hall–Kier alpha value is -3.28.